The van der Waals surface area contributed by atoms with Gasteiger partial charge in [-0.25, -0.2) is 14.4 Å². The second-order valence-corrected chi connectivity index (χ2v) is 7.00. The van der Waals surface area contributed by atoms with Gasteiger partial charge in [0, 0.05) is 30.1 Å². The van der Waals surface area contributed by atoms with Gasteiger partial charge < -0.3 is 19.2 Å². The fourth-order valence-electron chi connectivity index (χ4n) is 3.68. The number of benzene rings is 1. The molecular formula is C20H20N2O7. The number of nitrogens with zero attached hydrogens (tertiary/aromatic N) is 1. The summed E-state index contributed by atoms with van der Waals surface area (Å²) in [6.07, 6.45) is 1.39. The third-order valence-electron chi connectivity index (χ3n) is 5.08. The Labute approximate surface area is 165 Å². The largest absolute Gasteiger partial charge is 0.482 e. The number of rotatable bonds is 5. The van der Waals surface area contributed by atoms with E-state index in [9.17, 15) is 19.2 Å². The number of hydrogen-bond acceptors (Lipinski definition) is 7. The summed E-state index contributed by atoms with van der Waals surface area (Å²) in [6.45, 7) is 1.58. The lowest BCUT2D eigenvalue weighted by atomic mass is 10.1. The Morgan fingerprint density at radius 1 is 1.24 bits per heavy atom. The zero-order valence-electron chi connectivity index (χ0n) is 15.9. The van der Waals surface area contributed by atoms with Gasteiger partial charge in [0.05, 0.1) is 0 Å². The Balaban J connectivity index is 1.38. The van der Waals surface area contributed by atoms with Crippen molar-refractivity contribution < 1.29 is 28.3 Å². The van der Waals surface area contributed by atoms with Gasteiger partial charge in [0.25, 0.3) is 5.91 Å². The van der Waals surface area contributed by atoms with Crippen LogP contribution in [-0.4, -0.2) is 48.6 Å². The maximum Gasteiger partial charge on any atom is 0.344 e. The summed E-state index contributed by atoms with van der Waals surface area (Å²) in [6, 6.07) is 4.56. The highest BCUT2D eigenvalue weighted by molar-refractivity contribution is 5.98. The fourth-order valence-corrected chi connectivity index (χ4v) is 3.68. The maximum absolute atomic E-state index is 12.1. The van der Waals surface area contributed by atoms with Crippen LogP contribution in [-0.2, 0) is 27.2 Å². The molecule has 29 heavy (non-hydrogen) atoms. The zero-order chi connectivity index (χ0) is 20.5. The van der Waals surface area contributed by atoms with E-state index in [4.69, 9.17) is 13.9 Å². The van der Waals surface area contributed by atoms with E-state index in [-0.39, 0.29) is 12.2 Å². The van der Waals surface area contributed by atoms with Gasteiger partial charge >= 0.3 is 17.6 Å². The smallest absolute Gasteiger partial charge is 0.344 e. The van der Waals surface area contributed by atoms with Crippen LogP contribution in [0.4, 0.5) is 4.79 Å². The summed E-state index contributed by atoms with van der Waals surface area (Å²) in [5, 5.41) is 3.38. The molecule has 3 amide bonds. The molecule has 1 saturated heterocycles. The molecule has 1 N–H and O–H groups in total. The Hall–Kier alpha value is -3.36. The van der Waals surface area contributed by atoms with Crippen LogP contribution in [0.1, 0.15) is 24.5 Å². The Morgan fingerprint density at radius 2 is 2.03 bits per heavy atom. The van der Waals surface area contributed by atoms with Crippen molar-refractivity contribution in [2.45, 2.75) is 32.3 Å². The van der Waals surface area contributed by atoms with E-state index in [0.29, 0.717) is 17.9 Å². The molecule has 9 nitrogen and oxygen atoms in total. The SMILES string of the molecule is C[C@H](OC(=O)COc1ccc2c3c(c(=O)oc2c1)CCC3)C(=O)N1CCNC1=O. The Bertz CT molecular complexity index is 1060. The van der Waals surface area contributed by atoms with Crippen LogP contribution in [0.5, 0.6) is 5.75 Å². The number of nitrogens with one attached hydrogen (secondary N) is 1. The van der Waals surface area contributed by atoms with Crippen LogP contribution in [0.15, 0.2) is 27.4 Å². The normalized spacial score (nSPS) is 16.4. The number of esters is 1. The zero-order valence-corrected chi connectivity index (χ0v) is 15.9. The lowest BCUT2D eigenvalue weighted by Gasteiger charge is -2.18. The van der Waals surface area contributed by atoms with E-state index in [2.05, 4.69) is 5.32 Å². The molecule has 1 atom stereocenters. The number of imide groups is 1. The Morgan fingerprint density at radius 3 is 2.79 bits per heavy atom. The molecule has 1 aliphatic carbocycles. The standard InChI is InChI=1S/C20H20N2O7/c1-11(18(24)22-8-7-21-20(22)26)28-17(23)10-27-12-5-6-14-13-3-2-4-15(13)19(25)29-16(14)9-12/h5-6,9,11H,2-4,7-8,10H2,1H3,(H,21,26)/t11-/m0/s1. The highest BCUT2D eigenvalue weighted by Gasteiger charge is 2.31. The molecule has 2 aliphatic rings. The van der Waals surface area contributed by atoms with E-state index in [0.717, 1.165) is 40.7 Å². The van der Waals surface area contributed by atoms with Gasteiger partial charge in [-0.1, -0.05) is 0 Å². The average molecular weight is 400 g/mol. The minimum atomic E-state index is -1.10. The third-order valence-corrected chi connectivity index (χ3v) is 5.08. The second kappa shape index (κ2) is 7.57. The number of hydrogen-bond donors (Lipinski definition) is 1. The monoisotopic (exact) mass is 400 g/mol. The van der Waals surface area contributed by atoms with Crippen LogP contribution >= 0.6 is 0 Å². The average Bonchev–Trinajstić information content (AvgIpc) is 3.35. The first-order valence-corrected chi connectivity index (χ1v) is 9.44. The number of carbonyl (C=O) groups excluding carboxylic acids is 3. The molecule has 2 aromatic rings. The number of amides is 3. The van der Waals surface area contributed by atoms with Gasteiger partial charge in [-0.15, -0.1) is 0 Å². The quantitative estimate of drug-likeness (QED) is 0.591. The molecule has 9 heteroatoms. The molecular weight excluding hydrogens is 380 g/mol. The summed E-state index contributed by atoms with van der Waals surface area (Å²) in [5.41, 5.74) is 1.82. The molecule has 4 rings (SSSR count). The van der Waals surface area contributed by atoms with E-state index in [1.807, 2.05) is 0 Å². The number of fused-ring (bicyclic) bond motifs is 3. The lowest BCUT2D eigenvalue weighted by Crippen LogP contribution is -2.42. The predicted molar refractivity (Wildman–Crippen MR) is 101 cm³/mol. The van der Waals surface area contributed by atoms with Crippen molar-refractivity contribution in [3.8, 4) is 5.75 Å². The summed E-state index contributed by atoms with van der Waals surface area (Å²) in [4.78, 5) is 48.7. The van der Waals surface area contributed by atoms with Crippen molar-refractivity contribution in [1.82, 2.24) is 10.2 Å². The summed E-state index contributed by atoms with van der Waals surface area (Å²) < 4.78 is 15.9. The molecule has 152 valence electrons. The first-order chi connectivity index (χ1) is 13.9. The first kappa shape index (κ1) is 19.0. The number of carbonyl (C=O) groups is 3. The van der Waals surface area contributed by atoms with Crippen molar-refractivity contribution in [2.75, 3.05) is 19.7 Å². The molecule has 1 fully saturated rings. The maximum atomic E-state index is 12.1. The van der Waals surface area contributed by atoms with Gasteiger partial charge in [0.2, 0.25) is 0 Å². The summed E-state index contributed by atoms with van der Waals surface area (Å²) in [5.74, 6) is -0.996. The molecule has 1 aromatic heterocycles. The third kappa shape index (κ3) is 3.67. The highest BCUT2D eigenvalue weighted by atomic mass is 16.6. The second-order valence-electron chi connectivity index (χ2n) is 7.00. The molecule has 0 bridgehead atoms. The van der Waals surface area contributed by atoms with Crippen LogP contribution in [0.2, 0.25) is 0 Å². The summed E-state index contributed by atoms with van der Waals surface area (Å²) >= 11 is 0. The van der Waals surface area contributed by atoms with E-state index in [1.54, 1.807) is 18.2 Å². The summed E-state index contributed by atoms with van der Waals surface area (Å²) in [7, 11) is 0. The Kier molecular flexibility index (Phi) is 4.96. The van der Waals surface area contributed by atoms with Gasteiger partial charge in [0.1, 0.15) is 11.3 Å². The number of ether oxygens (including phenoxy) is 2. The van der Waals surface area contributed by atoms with E-state index < -0.39 is 30.6 Å². The topological polar surface area (TPSA) is 115 Å². The van der Waals surface area contributed by atoms with E-state index >= 15 is 0 Å². The van der Waals surface area contributed by atoms with Crippen LogP contribution in [0.25, 0.3) is 11.0 Å². The first-order valence-electron chi connectivity index (χ1n) is 9.44. The van der Waals surface area contributed by atoms with Crippen molar-refractivity contribution >= 4 is 28.9 Å². The fraction of sp³-hybridized carbons (Fsp3) is 0.400. The lowest BCUT2D eigenvalue weighted by molar-refractivity contribution is -0.159. The predicted octanol–water partition coefficient (Wildman–Crippen LogP) is 1.14. The van der Waals surface area contributed by atoms with Gasteiger partial charge in [-0.05, 0) is 43.9 Å². The van der Waals surface area contributed by atoms with Crippen LogP contribution in [0, 0.1) is 0 Å². The van der Waals surface area contributed by atoms with Crippen LogP contribution in [0.3, 0.4) is 0 Å². The molecule has 2 heterocycles. The van der Waals surface area contributed by atoms with Crippen molar-refractivity contribution in [1.29, 1.82) is 0 Å². The van der Waals surface area contributed by atoms with Crippen LogP contribution < -0.4 is 15.7 Å². The minimum Gasteiger partial charge on any atom is -0.482 e. The molecule has 1 aromatic carbocycles. The molecule has 0 unspecified atom stereocenters. The van der Waals surface area contributed by atoms with E-state index in [1.165, 1.54) is 6.92 Å². The number of aryl methyl sites for hydroxylation is 1. The van der Waals surface area contributed by atoms with Gasteiger partial charge in [0.15, 0.2) is 12.7 Å². The van der Waals surface area contributed by atoms with Crippen molar-refractivity contribution in [3.05, 3.63) is 39.7 Å². The number of urea groups is 1. The minimum absolute atomic E-state index is 0.238. The van der Waals surface area contributed by atoms with Gasteiger partial charge in [-0.3, -0.25) is 9.69 Å². The molecule has 0 saturated carbocycles. The van der Waals surface area contributed by atoms with Crippen molar-refractivity contribution in [3.63, 3.8) is 0 Å². The molecule has 1 aliphatic heterocycles. The van der Waals surface area contributed by atoms with Gasteiger partial charge in [-0.2, -0.15) is 0 Å². The molecule has 0 spiro atoms. The van der Waals surface area contributed by atoms with Crippen molar-refractivity contribution in [2.24, 2.45) is 0 Å². The highest BCUT2D eigenvalue weighted by Crippen LogP contribution is 2.29. The molecule has 0 radical (unpaired) electrons.